The van der Waals surface area contributed by atoms with Crippen molar-refractivity contribution >= 4 is 28.5 Å². The zero-order valence-electron chi connectivity index (χ0n) is 22.1. The molecule has 0 saturated carbocycles. The molecule has 2 fully saturated rings. The normalized spacial score (nSPS) is 16.5. The molecule has 0 aliphatic carbocycles. The second-order valence-corrected chi connectivity index (χ2v) is 10.4. The number of rotatable bonds is 6. The summed E-state index contributed by atoms with van der Waals surface area (Å²) in [6.45, 7) is 4.43. The number of anilines is 1. The zero-order chi connectivity index (χ0) is 26.6. The van der Waals surface area contributed by atoms with E-state index in [2.05, 4.69) is 25.1 Å². The number of para-hydroxylation sites is 1. The van der Waals surface area contributed by atoms with Crippen LogP contribution in [0.25, 0.3) is 16.6 Å². The molecule has 8 nitrogen and oxygen atoms in total. The van der Waals surface area contributed by atoms with E-state index in [-0.39, 0.29) is 11.9 Å². The molecule has 2 N–H and O–H groups in total. The van der Waals surface area contributed by atoms with Crippen molar-refractivity contribution in [2.45, 2.75) is 38.3 Å². The summed E-state index contributed by atoms with van der Waals surface area (Å²) in [7, 11) is 0. The second kappa shape index (κ2) is 11.3. The highest BCUT2D eigenvalue weighted by Crippen LogP contribution is 2.28. The van der Waals surface area contributed by atoms with E-state index in [1.165, 1.54) is 25.9 Å². The maximum absolute atomic E-state index is 13.7. The lowest BCUT2D eigenvalue weighted by Crippen LogP contribution is -2.45. The molecule has 0 atom stereocenters. The number of carbonyl (C=O) groups is 2. The molecule has 2 aliphatic heterocycles. The molecule has 6 rings (SSSR count). The fourth-order valence-corrected chi connectivity index (χ4v) is 5.84. The Labute approximate surface area is 228 Å². The Morgan fingerprint density at radius 3 is 2.41 bits per heavy atom. The predicted octanol–water partition coefficient (Wildman–Crippen LogP) is 5.05. The van der Waals surface area contributed by atoms with Crippen molar-refractivity contribution in [3.05, 3.63) is 90.4 Å². The fraction of sp³-hybridized carbons (Fsp3) is 0.323. The fourth-order valence-electron chi connectivity index (χ4n) is 5.84. The lowest BCUT2D eigenvalue weighted by Gasteiger charge is -2.36. The first-order valence-corrected chi connectivity index (χ1v) is 13.8. The van der Waals surface area contributed by atoms with Crippen LogP contribution < -0.4 is 10.6 Å². The standard InChI is InChI=1S/C31H34N6O2/c38-30(36-18-13-25(14-19-36)35-16-3-4-17-35)28-22-37(29-8-2-1-7-27(28)29)26-11-9-24(10-12-26)34-31(39)33-21-23-6-5-15-32-20-23/h1-2,5-12,15,20,22,25H,3-4,13-14,16-19,21H2,(H2,33,34,39). The third kappa shape index (κ3) is 5.52. The molecule has 2 aromatic carbocycles. The minimum absolute atomic E-state index is 0.105. The third-order valence-electron chi connectivity index (χ3n) is 7.93. The summed E-state index contributed by atoms with van der Waals surface area (Å²) in [4.78, 5) is 34.7. The van der Waals surface area contributed by atoms with Gasteiger partial charge in [-0.2, -0.15) is 0 Å². The molecule has 39 heavy (non-hydrogen) atoms. The van der Waals surface area contributed by atoms with Crippen molar-refractivity contribution in [1.29, 1.82) is 0 Å². The molecule has 2 aromatic heterocycles. The summed E-state index contributed by atoms with van der Waals surface area (Å²) in [5.74, 6) is 0.105. The Balaban J connectivity index is 1.14. The van der Waals surface area contributed by atoms with Gasteiger partial charge in [0.1, 0.15) is 0 Å². The van der Waals surface area contributed by atoms with Gasteiger partial charge in [0.05, 0.1) is 11.1 Å². The van der Waals surface area contributed by atoms with Gasteiger partial charge in [0.2, 0.25) is 0 Å². The van der Waals surface area contributed by atoms with Crippen LogP contribution in [-0.4, -0.2) is 63.5 Å². The molecule has 4 heterocycles. The molecule has 8 heteroatoms. The van der Waals surface area contributed by atoms with Gasteiger partial charge >= 0.3 is 6.03 Å². The van der Waals surface area contributed by atoms with Crippen molar-refractivity contribution < 1.29 is 9.59 Å². The first-order valence-electron chi connectivity index (χ1n) is 13.8. The molecule has 0 bridgehead atoms. The van der Waals surface area contributed by atoms with Crippen LogP contribution in [0.3, 0.4) is 0 Å². The number of likely N-dealkylation sites (tertiary alicyclic amines) is 2. The molecule has 0 spiro atoms. The minimum Gasteiger partial charge on any atom is -0.338 e. The number of amides is 3. The van der Waals surface area contributed by atoms with Crippen molar-refractivity contribution in [1.82, 2.24) is 24.7 Å². The average molecular weight is 523 g/mol. The van der Waals surface area contributed by atoms with Crippen molar-refractivity contribution in [3.63, 3.8) is 0 Å². The summed E-state index contributed by atoms with van der Waals surface area (Å²) in [6.07, 6.45) is 10.1. The van der Waals surface area contributed by atoms with E-state index >= 15 is 0 Å². The highest BCUT2D eigenvalue weighted by molar-refractivity contribution is 6.07. The van der Waals surface area contributed by atoms with Gasteiger partial charge in [0.15, 0.2) is 0 Å². The van der Waals surface area contributed by atoms with Crippen LogP contribution >= 0.6 is 0 Å². The minimum atomic E-state index is -0.278. The number of aromatic nitrogens is 2. The number of urea groups is 1. The maximum atomic E-state index is 13.7. The van der Waals surface area contributed by atoms with Gasteiger partial charge in [0, 0.05) is 61.0 Å². The quantitative estimate of drug-likeness (QED) is 0.371. The van der Waals surface area contributed by atoms with E-state index in [1.807, 2.05) is 71.8 Å². The summed E-state index contributed by atoms with van der Waals surface area (Å²) < 4.78 is 2.06. The van der Waals surface area contributed by atoms with E-state index < -0.39 is 0 Å². The highest BCUT2D eigenvalue weighted by Gasteiger charge is 2.29. The third-order valence-corrected chi connectivity index (χ3v) is 7.93. The Bertz CT molecular complexity index is 1440. The van der Waals surface area contributed by atoms with E-state index in [0.717, 1.165) is 53.6 Å². The molecule has 2 saturated heterocycles. The summed E-state index contributed by atoms with van der Waals surface area (Å²) in [5, 5.41) is 6.68. The first-order chi connectivity index (χ1) is 19.2. The van der Waals surface area contributed by atoms with E-state index in [4.69, 9.17) is 0 Å². The number of nitrogens with zero attached hydrogens (tertiary/aromatic N) is 4. The SMILES string of the molecule is O=C(NCc1cccnc1)Nc1ccc(-n2cc(C(=O)N3CCC(N4CCCC4)CC3)c3ccccc32)cc1. The monoisotopic (exact) mass is 522 g/mol. The van der Waals surface area contributed by atoms with Gasteiger partial charge in [0.25, 0.3) is 5.91 Å². The van der Waals surface area contributed by atoms with E-state index in [1.54, 1.807) is 12.4 Å². The molecule has 0 radical (unpaired) electrons. The lowest BCUT2D eigenvalue weighted by molar-refractivity contribution is 0.0646. The van der Waals surface area contributed by atoms with Crippen molar-refractivity contribution in [2.24, 2.45) is 0 Å². The smallest absolute Gasteiger partial charge is 0.319 e. The number of piperidine rings is 1. The lowest BCUT2D eigenvalue weighted by atomic mass is 10.0. The van der Waals surface area contributed by atoms with Crippen molar-refractivity contribution in [2.75, 3.05) is 31.5 Å². The maximum Gasteiger partial charge on any atom is 0.319 e. The van der Waals surface area contributed by atoms with Gasteiger partial charge in [-0.25, -0.2) is 4.79 Å². The van der Waals surface area contributed by atoms with Crippen LogP contribution in [0.2, 0.25) is 0 Å². The summed E-state index contributed by atoms with van der Waals surface area (Å²) >= 11 is 0. The first kappa shape index (κ1) is 25.1. The largest absolute Gasteiger partial charge is 0.338 e. The Hall–Kier alpha value is -4.17. The van der Waals surface area contributed by atoms with Crippen LogP contribution in [0.15, 0.2) is 79.3 Å². The molecule has 3 amide bonds. The molecule has 2 aliphatic rings. The number of pyridine rings is 1. The predicted molar refractivity (Wildman–Crippen MR) is 153 cm³/mol. The molecular weight excluding hydrogens is 488 g/mol. The van der Waals surface area contributed by atoms with E-state index in [9.17, 15) is 9.59 Å². The molecular formula is C31H34N6O2. The number of carbonyl (C=O) groups excluding carboxylic acids is 2. The Kier molecular flexibility index (Phi) is 7.27. The van der Waals surface area contributed by atoms with Gasteiger partial charge < -0.3 is 25.0 Å². The summed E-state index contributed by atoms with van der Waals surface area (Å²) in [5.41, 5.74) is 4.28. The molecule has 0 unspecified atom stereocenters. The van der Waals surface area contributed by atoms with Crippen LogP contribution in [0.4, 0.5) is 10.5 Å². The molecule has 200 valence electrons. The Morgan fingerprint density at radius 2 is 1.67 bits per heavy atom. The van der Waals surface area contributed by atoms with Gasteiger partial charge in [-0.3, -0.25) is 9.78 Å². The van der Waals surface area contributed by atoms with Crippen LogP contribution in [0, 0.1) is 0 Å². The molecule has 4 aromatic rings. The van der Waals surface area contributed by atoms with Crippen LogP contribution in [0.1, 0.15) is 41.6 Å². The number of benzene rings is 2. The average Bonchev–Trinajstić information content (AvgIpc) is 3.66. The van der Waals surface area contributed by atoms with Gasteiger partial charge in [-0.15, -0.1) is 0 Å². The van der Waals surface area contributed by atoms with Crippen LogP contribution in [-0.2, 0) is 6.54 Å². The van der Waals surface area contributed by atoms with Gasteiger partial charge in [-0.05, 0) is 80.7 Å². The van der Waals surface area contributed by atoms with Crippen molar-refractivity contribution in [3.8, 4) is 5.69 Å². The Morgan fingerprint density at radius 1 is 0.897 bits per heavy atom. The van der Waals surface area contributed by atoms with E-state index in [0.29, 0.717) is 18.3 Å². The number of hydrogen-bond donors (Lipinski definition) is 2. The van der Waals surface area contributed by atoms with Crippen LogP contribution in [0.5, 0.6) is 0 Å². The summed E-state index contributed by atoms with van der Waals surface area (Å²) in [6, 6.07) is 19.8. The second-order valence-electron chi connectivity index (χ2n) is 10.4. The topological polar surface area (TPSA) is 82.5 Å². The van der Waals surface area contributed by atoms with Gasteiger partial charge in [-0.1, -0.05) is 24.3 Å². The zero-order valence-corrected chi connectivity index (χ0v) is 22.1. The number of hydrogen-bond acceptors (Lipinski definition) is 4. The number of fused-ring (bicyclic) bond motifs is 1. The highest BCUT2D eigenvalue weighted by atomic mass is 16.2. The number of nitrogens with one attached hydrogen (secondary N) is 2.